The van der Waals surface area contributed by atoms with Crippen molar-refractivity contribution >= 4 is 5.91 Å². The summed E-state index contributed by atoms with van der Waals surface area (Å²) in [5, 5.41) is 21.6. The van der Waals surface area contributed by atoms with Crippen molar-refractivity contribution in [3.63, 3.8) is 0 Å². The second-order valence-corrected chi connectivity index (χ2v) is 7.74. The molecule has 2 N–H and O–H groups in total. The molecule has 25 heavy (non-hydrogen) atoms. The molecule has 140 valence electrons. The number of hydrogen-bond acceptors (Lipinski definition) is 5. The SMILES string of the molecule is COCCC1(C(=O)NC[C@H]2C[C@H](c3nncn3C)C[C@H]2O)CCCC1. The van der Waals surface area contributed by atoms with Crippen LogP contribution in [-0.2, 0) is 16.6 Å². The summed E-state index contributed by atoms with van der Waals surface area (Å²) in [6.07, 6.45) is 7.69. The van der Waals surface area contributed by atoms with Crippen LogP contribution in [0, 0.1) is 11.3 Å². The summed E-state index contributed by atoms with van der Waals surface area (Å²) in [6.45, 7) is 1.15. The molecular weight excluding hydrogens is 320 g/mol. The van der Waals surface area contributed by atoms with Gasteiger partial charge in [0.2, 0.25) is 5.91 Å². The van der Waals surface area contributed by atoms with Gasteiger partial charge in [-0.05, 0) is 32.1 Å². The first kappa shape index (κ1) is 18.3. The van der Waals surface area contributed by atoms with Gasteiger partial charge in [-0.2, -0.15) is 0 Å². The van der Waals surface area contributed by atoms with Crippen LogP contribution in [0.25, 0.3) is 0 Å². The number of ether oxygens (including phenoxy) is 1. The average Bonchev–Trinajstić information content (AvgIpc) is 3.31. The molecule has 2 fully saturated rings. The summed E-state index contributed by atoms with van der Waals surface area (Å²) in [4.78, 5) is 12.8. The molecule has 1 amide bonds. The van der Waals surface area contributed by atoms with Gasteiger partial charge in [-0.1, -0.05) is 12.8 Å². The predicted molar refractivity (Wildman–Crippen MR) is 92.9 cm³/mol. The van der Waals surface area contributed by atoms with Crippen LogP contribution in [0.1, 0.15) is 56.7 Å². The molecule has 1 aromatic rings. The highest BCUT2D eigenvalue weighted by atomic mass is 16.5. The van der Waals surface area contributed by atoms with Crippen LogP contribution in [0.15, 0.2) is 6.33 Å². The van der Waals surface area contributed by atoms with Crippen molar-refractivity contribution in [1.29, 1.82) is 0 Å². The van der Waals surface area contributed by atoms with Gasteiger partial charge in [0.05, 0.1) is 11.5 Å². The number of nitrogens with one attached hydrogen (secondary N) is 1. The van der Waals surface area contributed by atoms with E-state index in [4.69, 9.17) is 4.74 Å². The lowest BCUT2D eigenvalue weighted by molar-refractivity contribution is -0.132. The summed E-state index contributed by atoms with van der Waals surface area (Å²) in [6, 6.07) is 0. The van der Waals surface area contributed by atoms with Crippen LogP contribution in [-0.4, -0.2) is 52.1 Å². The van der Waals surface area contributed by atoms with Gasteiger partial charge in [-0.25, -0.2) is 0 Å². The first-order valence-electron chi connectivity index (χ1n) is 9.35. The van der Waals surface area contributed by atoms with Crippen LogP contribution in [0.4, 0.5) is 0 Å². The summed E-state index contributed by atoms with van der Waals surface area (Å²) in [5.41, 5.74) is -0.275. The second kappa shape index (κ2) is 7.83. The smallest absolute Gasteiger partial charge is 0.226 e. The summed E-state index contributed by atoms with van der Waals surface area (Å²) >= 11 is 0. The highest BCUT2D eigenvalue weighted by molar-refractivity contribution is 5.82. The highest BCUT2D eigenvalue weighted by Gasteiger charge is 2.42. The van der Waals surface area contributed by atoms with Crippen LogP contribution in [0.5, 0.6) is 0 Å². The number of rotatable bonds is 7. The minimum absolute atomic E-state index is 0.0755. The Morgan fingerprint density at radius 1 is 1.44 bits per heavy atom. The van der Waals surface area contributed by atoms with Gasteiger partial charge in [0.25, 0.3) is 0 Å². The maximum atomic E-state index is 12.8. The zero-order chi connectivity index (χ0) is 17.9. The van der Waals surface area contributed by atoms with Crippen molar-refractivity contribution in [1.82, 2.24) is 20.1 Å². The minimum Gasteiger partial charge on any atom is -0.393 e. The van der Waals surface area contributed by atoms with Gasteiger partial charge < -0.3 is 19.7 Å². The molecule has 2 aliphatic rings. The Labute approximate surface area is 149 Å². The summed E-state index contributed by atoms with van der Waals surface area (Å²) in [7, 11) is 3.61. The van der Waals surface area contributed by atoms with E-state index in [9.17, 15) is 9.90 Å². The number of aryl methyl sites for hydroxylation is 1. The topological polar surface area (TPSA) is 89.3 Å². The Balaban J connectivity index is 1.55. The lowest BCUT2D eigenvalue weighted by Gasteiger charge is -2.28. The Bertz CT molecular complexity index is 583. The Morgan fingerprint density at radius 2 is 2.20 bits per heavy atom. The number of aliphatic hydroxyl groups is 1. The van der Waals surface area contributed by atoms with Crippen molar-refractivity contribution in [2.75, 3.05) is 20.3 Å². The quantitative estimate of drug-likeness (QED) is 0.775. The molecule has 0 unspecified atom stereocenters. The van der Waals surface area contributed by atoms with Crippen LogP contribution in [0.2, 0.25) is 0 Å². The fourth-order valence-corrected chi connectivity index (χ4v) is 4.55. The van der Waals surface area contributed by atoms with Crippen LogP contribution >= 0.6 is 0 Å². The van der Waals surface area contributed by atoms with E-state index >= 15 is 0 Å². The Morgan fingerprint density at radius 3 is 2.84 bits per heavy atom. The third kappa shape index (κ3) is 3.87. The standard InChI is InChI=1S/C18H30N4O3/c1-22-12-20-21-16(22)13-9-14(15(23)10-13)11-19-17(24)18(7-8-25-2)5-3-4-6-18/h12-15,23H,3-11H2,1-2H3,(H,19,24)/t13-,14+,15+/m0/s1. The van der Waals surface area contributed by atoms with Crippen molar-refractivity contribution in [3.05, 3.63) is 12.2 Å². The maximum Gasteiger partial charge on any atom is 0.226 e. The molecule has 0 spiro atoms. The van der Waals surface area contributed by atoms with E-state index in [1.807, 2.05) is 11.6 Å². The van der Waals surface area contributed by atoms with Crippen molar-refractivity contribution in [2.24, 2.45) is 18.4 Å². The monoisotopic (exact) mass is 350 g/mol. The van der Waals surface area contributed by atoms with Crippen molar-refractivity contribution in [2.45, 2.75) is 57.0 Å². The van der Waals surface area contributed by atoms with Crippen LogP contribution in [0.3, 0.4) is 0 Å². The number of nitrogens with zero attached hydrogens (tertiary/aromatic N) is 3. The molecule has 0 saturated heterocycles. The molecule has 0 radical (unpaired) electrons. The zero-order valence-electron chi connectivity index (χ0n) is 15.3. The van der Waals surface area contributed by atoms with E-state index in [-0.39, 0.29) is 23.2 Å². The molecular formula is C18H30N4O3. The first-order valence-corrected chi connectivity index (χ1v) is 9.35. The van der Waals surface area contributed by atoms with Gasteiger partial charge in [0, 0.05) is 39.1 Å². The van der Waals surface area contributed by atoms with E-state index in [2.05, 4.69) is 15.5 Å². The zero-order valence-corrected chi connectivity index (χ0v) is 15.3. The number of aromatic nitrogens is 3. The minimum atomic E-state index is -0.402. The maximum absolute atomic E-state index is 12.8. The molecule has 0 aliphatic heterocycles. The van der Waals surface area contributed by atoms with Crippen LogP contribution < -0.4 is 5.32 Å². The molecule has 2 saturated carbocycles. The molecule has 1 heterocycles. The number of aliphatic hydroxyl groups excluding tert-OH is 1. The van der Waals surface area contributed by atoms with Gasteiger partial charge in [0.15, 0.2) is 0 Å². The number of carbonyl (C=O) groups excluding carboxylic acids is 1. The van der Waals surface area contributed by atoms with Crippen molar-refractivity contribution in [3.8, 4) is 0 Å². The van der Waals surface area contributed by atoms with Gasteiger partial charge >= 0.3 is 0 Å². The molecule has 3 rings (SSSR count). The third-order valence-electron chi connectivity index (χ3n) is 6.12. The molecule has 2 aliphatic carbocycles. The molecule has 3 atom stereocenters. The van der Waals surface area contributed by atoms with E-state index in [0.29, 0.717) is 19.6 Å². The third-order valence-corrected chi connectivity index (χ3v) is 6.12. The van der Waals surface area contributed by atoms with E-state index < -0.39 is 6.10 Å². The van der Waals surface area contributed by atoms with Gasteiger partial charge in [-0.3, -0.25) is 4.79 Å². The number of amides is 1. The lowest BCUT2D eigenvalue weighted by Crippen LogP contribution is -2.42. The summed E-state index contributed by atoms with van der Waals surface area (Å²) in [5.74, 6) is 1.33. The second-order valence-electron chi connectivity index (χ2n) is 7.74. The predicted octanol–water partition coefficient (Wildman–Crippen LogP) is 1.38. The first-order chi connectivity index (χ1) is 12.1. The Kier molecular flexibility index (Phi) is 5.74. The molecule has 0 bridgehead atoms. The van der Waals surface area contributed by atoms with Gasteiger partial charge in [0.1, 0.15) is 12.2 Å². The fraction of sp³-hybridized carbons (Fsp3) is 0.833. The number of carbonyl (C=O) groups is 1. The summed E-state index contributed by atoms with van der Waals surface area (Å²) < 4.78 is 7.12. The van der Waals surface area contributed by atoms with E-state index in [0.717, 1.165) is 44.3 Å². The molecule has 1 aromatic heterocycles. The molecule has 7 nitrogen and oxygen atoms in total. The van der Waals surface area contributed by atoms with Crippen molar-refractivity contribution < 1.29 is 14.6 Å². The normalized spacial score (nSPS) is 28.4. The lowest BCUT2D eigenvalue weighted by atomic mass is 9.82. The largest absolute Gasteiger partial charge is 0.393 e. The Hall–Kier alpha value is -1.47. The molecule has 0 aromatic carbocycles. The highest BCUT2D eigenvalue weighted by Crippen LogP contribution is 2.42. The molecule has 7 heteroatoms. The van der Waals surface area contributed by atoms with E-state index in [1.165, 1.54) is 0 Å². The fourth-order valence-electron chi connectivity index (χ4n) is 4.55. The number of hydrogen-bond donors (Lipinski definition) is 2. The van der Waals surface area contributed by atoms with Gasteiger partial charge in [-0.15, -0.1) is 10.2 Å². The van der Waals surface area contributed by atoms with E-state index in [1.54, 1.807) is 13.4 Å². The average molecular weight is 350 g/mol. The number of methoxy groups -OCH3 is 1.